The molecule has 1 aliphatic heterocycles. The van der Waals surface area contributed by atoms with Gasteiger partial charge in [-0.15, -0.1) is 0 Å². The predicted octanol–water partition coefficient (Wildman–Crippen LogP) is 2.58. The molecule has 1 aromatic carbocycles. The third-order valence-corrected chi connectivity index (χ3v) is 4.16. The summed E-state index contributed by atoms with van der Waals surface area (Å²) < 4.78 is 5.46. The minimum atomic E-state index is 0.429. The lowest BCUT2D eigenvalue weighted by Gasteiger charge is -2.37. The SMILES string of the molecule is COC1CCN(Cc2cccc(N)c2C)C(C)C1. The van der Waals surface area contributed by atoms with E-state index in [9.17, 15) is 0 Å². The summed E-state index contributed by atoms with van der Waals surface area (Å²) in [5.41, 5.74) is 9.43. The number of benzene rings is 1. The quantitative estimate of drug-likeness (QED) is 0.836. The molecule has 0 aliphatic carbocycles. The summed E-state index contributed by atoms with van der Waals surface area (Å²) >= 11 is 0. The Morgan fingerprint density at radius 1 is 1.44 bits per heavy atom. The van der Waals surface area contributed by atoms with E-state index in [1.54, 1.807) is 0 Å². The highest BCUT2D eigenvalue weighted by atomic mass is 16.5. The molecular weight excluding hydrogens is 224 g/mol. The second-order valence-corrected chi connectivity index (χ2v) is 5.33. The lowest BCUT2D eigenvalue weighted by Crippen LogP contribution is -2.42. The van der Waals surface area contributed by atoms with E-state index in [4.69, 9.17) is 10.5 Å². The minimum Gasteiger partial charge on any atom is -0.399 e. The van der Waals surface area contributed by atoms with E-state index in [2.05, 4.69) is 24.8 Å². The largest absolute Gasteiger partial charge is 0.399 e. The van der Waals surface area contributed by atoms with Crippen LogP contribution in [0.5, 0.6) is 0 Å². The Hall–Kier alpha value is -1.06. The lowest BCUT2D eigenvalue weighted by molar-refractivity contribution is 0.0129. The molecule has 0 saturated carbocycles. The first-order valence-electron chi connectivity index (χ1n) is 6.72. The van der Waals surface area contributed by atoms with Crippen LogP contribution in [0.1, 0.15) is 30.9 Å². The van der Waals surface area contributed by atoms with Crippen molar-refractivity contribution >= 4 is 5.69 Å². The Bertz CT molecular complexity index is 405. The molecule has 0 amide bonds. The van der Waals surface area contributed by atoms with E-state index in [1.807, 2.05) is 19.2 Å². The summed E-state index contributed by atoms with van der Waals surface area (Å²) in [6, 6.07) is 6.77. The molecule has 2 rings (SSSR count). The molecule has 2 atom stereocenters. The predicted molar refractivity (Wildman–Crippen MR) is 75.5 cm³/mol. The zero-order valence-corrected chi connectivity index (χ0v) is 11.6. The Balaban J connectivity index is 2.03. The van der Waals surface area contributed by atoms with Crippen molar-refractivity contribution in [1.82, 2.24) is 4.90 Å². The molecule has 2 unspecified atom stereocenters. The number of piperidine rings is 1. The molecule has 18 heavy (non-hydrogen) atoms. The van der Waals surface area contributed by atoms with Crippen molar-refractivity contribution in [3.8, 4) is 0 Å². The van der Waals surface area contributed by atoms with E-state index < -0.39 is 0 Å². The van der Waals surface area contributed by atoms with Crippen LogP contribution < -0.4 is 5.73 Å². The number of rotatable bonds is 3. The van der Waals surface area contributed by atoms with Gasteiger partial charge in [-0.25, -0.2) is 0 Å². The first-order valence-corrected chi connectivity index (χ1v) is 6.72. The van der Waals surface area contributed by atoms with E-state index in [-0.39, 0.29) is 0 Å². The van der Waals surface area contributed by atoms with E-state index in [0.29, 0.717) is 12.1 Å². The van der Waals surface area contributed by atoms with Crippen molar-refractivity contribution in [1.29, 1.82) is 0 Å². The van der Waals surface area contributed by atoms with Crippen LogP contribution in [0.25, 0.3) is 0 Å². The summed E-state index contributed by atoms with van der Waals surface area (Å²) in [5.74, 6) is 0. The van der Waals surface area contributed by atoms with Crippen LogP contribution in [-0.2, 0) is 11.3 Å². The Kier molecular flexibility index (Phi) is 4.25. The minimum absolute atomic E-state index is 0.429. The van der Waals surface area contributed by atoms with Gasteiger partial charge in [-0.2, -0.15) is 0 Å². The number of nitrogen functional groups attached to an aromatic ring is 1. The van der Waals surface area contributed by atoms with Gasteiger partial charge in [-0.1, -0.05) is 12.1 Å². The third-order valence-electron chi connectivity index (χ3n) is 4.16. The summed E-state index contributed by atoms with van der Waals surface area (Å²) in [6.45, 7) is 6.49. The van der Waals surface area contributed by atoms with Gasteiger partial charge in [0, 0.05) is 31.9 Å². The molecule has 1 heterocycles. The van der Waals surface area contributed by atoms with Crippen LogP contribution in [-0.4, -0.2) is 30.7 Å². The average molecular weight is 248 g/mol. The van der Waals surface area contributed by atoms with Crippen molar-refractivity contribution in [2.75, 3.05) is 19.4 Å². The van der Waals surface area contributed by atoms with Crippen molar-refractivity contribution < 1.29 is 4.74 Å². The topological polar surface area (TPSA) is 38.5 Å². The molecule has 2 N–H and O–H groups in total. The zero-order valence-electron chi connectivity index (χ0n) is 11.6. The van der Waals surface area contributed by atoms with E-state index in [1.165, 1.54) is 11.1 Å². The maximum Gasteiger partial charge on any atom is 0.0598 e. The van der Waals surface area contributed by atoms with Gasteiger partial charge in [0.1, 0.15) is 0 Å². The number of nitrogens with zero attached hydrogens (tertiary/aromatic N) is 1. The summed E-state index contributed by atoms with van der Waals surface area (Å²) in [4.78, 5) is 2.53. The highest BCUT2D eigenvalue weighted by Crippen LogP contribution is 2.24. The van der Waals surface area contributed by atoms with Crippen molar-refractivity contribution in [2.45, 2.75) is 45.4 Å². The molecule has 1 fully saturated rings. The summed E-state index contributed by atoms with van der Waals surface area (Å²) in [7, 11) is 1.81. The molecule has 0 aromatic heterocycles. The molecule has 100 valence electrons. The van der Waals surface area contributed by atoms with Gasteiger partial charge in [0.25, 0.3) is 0 Å². The molecule has 0 radical (unpaired) electrons. The van der Waals surface area contributed by atoms with Crippen molar-refractivity contribution in [3.63, 3.8) is 0 Å². The molecule has 3 nitrogen and oxygen atoms in total. The standard InChI is InChI=1S/C15H24N2O/c1-11-9-14(18-3)7-8-17(11)10-13-5-4-6-15(16)12(13)2/h4-6,11,14H,7-10,16H2,1-3H3. The van der Waals surface area contributed by atoms with Gasteiger partial charge in [-0.05, 0) is 43.9 Å². The monoisotopic (exact) mass is 248 g/mol. The summed E-state index contributed by atoms with van der Waals surface area (Å²) in [5, 5.41) is 0. The number of hydrogen-bond donors (Lipinski definition) is 1. The molecule has 0 spiro atoms. The maximum atomic E-state index is 5.97. The first kappa shape index (κ1) is 13.4. The molecule has 0 bridgehead atoms. The van der Waals surface area contributed by atoms with Crippen LogP contribution in [0.15, 0.2) is 18.2 Å². The normalized spacial score (nSPS) is 25.3. The molecule has 1 saturated heterocycles. The van der Waals surface area contributed by atoms with E-state index in [0.717, 1.165) is 31.6 Å². The molecular formula is C15H24N2O. The number of hydrogen-bond acceptors (Lipinski definition) is 3. The second-order valence-electron chi connectivity index (χ2n) is 5.33. The Labute approximate surface area is 110 Å². The van der Waals surface area contributed by atoms with Gasteiger partial charge >= 0.3 is 0 Å². The lowest BCUT2D eigenvalue weighted by atomic mass is 9.98. The highest BCUT2D eigenvalue weighted by Gasteiger charge is 2.25. The first-order chi connectivity index (χ1) is 8.61. The fourth-order valence-electron chi connectivity index (χ4n) is 2.72. The number of likely N-dealkylation sites (tertiary alicyclic amines) is 1. The fraction of sp³-hybridized carbons (Fsp3) is 0.600. The molecule has 3 heteroatoms. The number of ether oxygens (including phenoxy) is 1. The second kappa shape index (κ2) is 5.72. The Morgan fingerprint density at radius 3 is 2.89 bits per heavy atom. The van der Waals surface area contributed by atoms with Crippen LogP contribution in [0, 0.1) is 6.92 Å². The van der Waals surface area contributed by atoms with E-state index >= 15 is 0 Å². The average Bonchev–Trinajstić information content (AvgIpc) is 2.37. The molecule has 1 aliphatic rings. The number of anilines is 1. The van der Waals surface area contributed by atoms with Crippen LogP contribution in [0.4, 0.5) is 5.69 Å². The zero-order chi connectivity index (χ0) is 13.1. The van der Waals surface area contributed by atoms with Gasteiger partial charge < -0.3 is 10.5 Å². The van der Waals surface area contributed by atoms with Crippen molar-refractivity contribution in [3.05, 3.63) is 29.3 Å². The Morgan fingerprint density at radius 2 is 2.22 bits per heavy atom. The van der Waals surface area contributed by atoms with Gasteiger partial charge in [-0.3, -0.25) is 4.90 Å². The van der Waals surface area contributed by atoms with Crippen LogP contribution >= 0.6 is 0 Å². The fourth-order valence-corrected chi connectivity index (χ4v) is 2.72. The third kappa shape index (κ3) is 2.85. The summed E-state index contributed by atoms with van der Waals surface area (Å²) in [6.07, 6.45) is 2.68. The maximum absolute atomic E-state index is 5.97. The number of methoxy groups -OCH3 is 1. The smallest absolute Gasteiger partial charge is 0.0598 e. The van der Waals surface area contributed by atoms with Crippen LogP contribution in [0.2, 0.25) is 0 Å². The van der Waals surface area contributed by atoms with Gasteiger partial charge in [0.05, 0.1) is 6.10 Å². The van der Waals surface area contributed by atoms with Gasteiger partial charge in [0.15, 0.2) is 0 Å². The molecule has 1 aromatic rings. The van der Waals surface area contributed by atoms with Crippen LogP contribution in [0.3, 0.4) is 0 Å². The van der Waals surface area contributed by atoms with Crippen molar-refractivity contribution in [2.24, 2.45) is 0 Å². The number of nitrogens with two attached hydrogens (primary N) is 1. The van der Waals surface area contributed by atoms with Gasteiger partial charge in [0.2, 0.25) is 0 Å². The highest BCUT2D eigenvalue weighted by molar-refractivity contribution is 5.49.